The molecule has 1 saturated carbocycles. The van der Waals surface area contributed by atoms with Gasteiger partial charge in [-0.05, 0) is 54.1 Å². The van der Waals surface area contributed by atoms with E-state index in [1.807, 2.05) is 41.8 Å². The van der Waals surface area contributed by atoms with Crippen molar-refractivity contribution in [1.29, 1.82) is 0 Å². The van der Waals surface area contributed by atoms with Crippen molar-refractivity contribution in [3.8, 4) is 5.75 Å². The number of esters is 1. The van der Waals surface area contributed by atoms with Gasteiger partial charge in [0.25, 0.3) is 5.91 Å². The van der Waals surface area contributed by atoms with Gasteiger partial charge >= 0.3 is 12.0 Å². The van der Waals surface area contributed by atoms with Crippen molar-refractivity contribution in [1.82, 2.24) is 10.6 Å². The van der Waals surface area contributed by atoms with Crippen LogP contribution in [0.25, 0.3) is 0 Å². The van der Waals surface area contributed by atoms with Crippen LogP contribution in [-0.2, 0) is 11.3 Å². The number of amides is 3. The molecule has 3 N–H and O–H groups in total. The topological polar surface area (TPSA) is 96.5 Å². The highest BCUT2D eigenvalue weighted by Crippen LogP contribution is 2.32. The van der Waals surface area contributed by atoms with Gasteiger partial charge in [-0.1, -0.05) is 49.2 Å². The molecule has 2 aromatic carbocycles. The van der Waals surface area contributed by atoms with Crippen LogP contribution in [0.5, 0.6) is 5.75 Å². The normalized spacial score (nSPS) is 14.3. The average molecular weight is 464 g/mol. The summed E-state index contributed by atoms with van der Waals surface area (Å²) in [6.07, 6.45) is 2.72. The molecule has 0 spiro atoms. The molecule has 3 aromatic rings. The molecule has 1 fully saturated rings. The summed E-state index contributed by atoms with van der Waals surface area (Å²) in [4.78, 5) is 38.3. The number of carbonyl (C=O) groups is 3. The summed E-state index contributed by atoms with van der Waals surface area (Å²) in [7, 11) is 0. The van der Waals surface area contributed by atoms with E-state index in [0.717, 1.165) is 18.4 Å². The summed E-state index contributed by atoms with van der Waals surface area (Å²) in [5, 5.41) is 10.3. The molecule has 170 valence electrons. The van der Waals surface area contributed by atoms with Crippen LogP contribution in [0.15, 0.2) is 72.1 Å². The molecule has 0 bridgehead atoms. The fraction of sp³-hybridized carbons (Fsp3) is 0.240. The van der Waals surface area contributed by atoms with Gasteiger partial charge in [-0.2, -0.15) is 0 Å². The molecule has 0 radical (unpaired) electrons. The first-order valence-electron chi connectivity index (χ1n) is 10.8. The molecule has 33 heavy (non-hydrogen) atoms. The minimum Gasteiger partial charge on any atom is -0.425 e. The van der Waals surface area contributed by atoms with Gasteiger partial charge in [0.05, 0.1) is 4.88 Å². The van der Waals surface area contributed by atoms with E-state index < -0.39 is 17.5 Å². The van der Waals surface area contributed by atoms with Crippen molar-refractivity contribution in [2.24, 2.45) is 0 Å². The van der Waals surface area contributed by atoms with Gasteiger partial charge in [-0.3, -0.25) is 4.79 Å². The number of rotatable bonds is 7. The second-order valence-corrected chi connectivity index (χ2v) is 8.88. The number of anilines is 1. The Morgan fingerprint density at radius 2 is 1.64 bits per heavy atom. The summed E-state index contributed by atoms with van der Waals surface area (Å²) >= 11 is 1.36. The molecule has 0 unspecified atom stereocenters. The van der Waals surface area contributed by atoms with Gasteiger partial charge in [0.2, 0.25) is 0 Å². The number of nitrogens with one attached hydrogen (secondary N) is 3. The summed E-state index contributed by atoms with van der Waals surface area (Å²) in [6, 6.07) is 19.3. The lowest BCUT2D eigenvalue weighted by Crippen LogP contribution is -2.56. The molecule has 3 amide bonds. The molecule has 0 aliphatic heterocycles. The van der Waals surface area contributed by atoms with E-state index in [1.54, 1.807) is 30.3 Å². The Labute approximate surface area is 196 Å². The Bertz CT molecular complexity index is 1090. The second-order valence-electron chi connectivity index (χ2n) is 7.93. The summed E-state index contributed by atoms with van der Waals surface area (Å²) in [6.45, 7) is 0.371. The molecule has 1 aromatic heterocycles. The smallest absolute Gasteiger partial charge is 0.337 e. The first kappa shape index (κ1) is 22.5. The van der Waals surface area contributed by atoms with Crippen molar-refractivity contribution in [2.75, 3.05) is 5.32 Å². The molecule has 0 saturated heterocycles. The number of thiophene rings is 1. The predicted octanol–water partition coefficient (Wildman–Crippen LogP) is 4.72. The van der Waals surface area contributed by atoms with Crippen LogP contribution in [-0.4, -0.2) is 23.4 Å². The van der Waals surface area contributed by atoms with Crippen LogP contribution >= 0.6 is 11.3 Å². The van der Waals surface area contributed by atoms with Crippen molar-refractivity contribution in [3.05, 3.63) is 82.6 Å². The van der Waals surface area contributed by atoms with Gasteiger partial charge in [0, 0.05) is 12.2 Å². The predicted molar refractivity (Wildman–Crippen MR) is 127 cm³/mol. The molecule has 1 aliphatic rings. The molecule has 7 nitrogen and oxygen atoms in total. The molecule has 4 rings (SSSR count). The maximum atomic E-state index is 13.0. The first-order valence-corrected chi connectivity index (χ1v) is 11.7. The van der Waals surface area contributed by atoms with Crippen molar-refractivity contribution >= 4 is 34.9 Å². The minimum atomic E-state index is -1.05. The van der Waals surface area contributed by atoms with Crippen LogP contribution in [0.4, 0.5) is 10.5 Å². The number of ether oxygens (including phenoxy) is 1. The highest BCUT2D eigenvalue weighted by Gasteiger charge is 2.44. The van der Waals surface area contributed by atoms with Crippen LogP contribution in [0.3, 0.4) is 0 Å². The van der Waals surface area contributed by atoms with Crippen molar-refractivity contribution in [2.45, 2.75) is 37.8 Å². The number of hydrogen-bond acceptors (Lipinski definition) is 5. The van der Waals surface area contributed by atoms with Crippen LogP contribution in [0.1, 0.15) is 40.9 Å². The molecule has 8 heteroatoms. The Balaban J connectivity index is 1.34. The van der Waals surface area contributed by atoms with E-state index in [-0.39, 0.29) is 5.91 Å². The van der Waals surface area contributed by atoms with E-state index in [0.29, 0.717) is 35.7 Å². The monoisotopic (exact) mass is 463 g/mol. The molecular weight excluding hydrogens is 438 g/mol. The zero-order valence-electron chi connectivity index (χ0n) is 18.0. The van der Waals surface area contributed by atoms with Gasteiger partial charge in [-0.25, -0.2) is 9.59 Å². The maximum Gasteiger partial charge on any atom is 0.337 e. The number of benzene rings is 2. The standard InChI is InChI=1S/C25H25N3O4S/c29-22(21-9-6-16-33-21)27-19-10-12-20(13-11-19)32-23(30)25(14-4-5-15-25)28-24(31)26-17-18-7-2-1-3-8-18/h1-3,6-13,16H,4-5,14-15,17H2,(H,27,29)(H2,26,28,31). The van der Waals surface area contributed by atoms with Crippen LogP contribution in [0.2, 0.25) is 0 Å². The average Bonchev–Trinajstić information content (AvgIpc) is 3.53. The van der Waals surface area contributed by atoms with Crippen molar-refractivity contribution in [3.63, 3.8) is 0 Å². The third-order valence-corrected chi connectivity index (χ3v) is 6.43. The fourth-order valence-corrected chi connectivity index (χ4v) is 4.43. The summed E-state index contributed by atoms with van der Waals surface area (Å²) in [5.41, 5.74) is 0.525. The number of carbonyl (C=O) groups excluding carboxylic acids is 3. The van der Waals surface area contributed by atoms with Gasteiger partial charge in [0.1, 0.15) is 11.3 Å². The zero-order valence-corrected chi connectivity index (χ0v) is 18.8. The van der Waals surface area contributed by atoms with E-state index in [1.165, 1.54) is 11.3 Å². The lowest BCUT2D eigenvalue weighted by atomic mass is 9.98. The van der Waals surface area contributed by atoms with E-state index in [9.17, 15) is 14.4 Å². The van der Waals surface area contributed by atoms with Gasteiger partial charge in [0.15, 0.2) is 0 Å². The Morgan fingerprint density at radius 3 is 2.30 bits per heavy atom. The van der Waals surface area contributed by atoms with Crippen LogP contribution in [0, 0.1) is 0 Å². The van der Waals surface area contributed by atoms with Crippen LogP contribution < -0.4 is 20.7 Å². The molecule has 1 aliphatic carbocycles. The lowest BCUT2D eigenvalue weighted by Gasteiger charge is -2.28. The molecule has 0 atom stereocenters. The highest BCUT2D eigenvalue weighted by atomic mass is 32.1. The number of urea groups is 1. The van der Waals surface area contributed by atoms with Crippen molar-refractivity contribution < 1.29 is 19.1 Å². The third-order valence-electron chi connectivity index (χ3n) is 5.56. The Morgan fingerprint density at radius 1 is 0.909 bits per heavy atom. The minimum absolute atomic E-state index is 0.189. The first-order chi connectivity index (χ1) is 16.0. The Kier molecular flexibility index (Phi) is 7.04. The summed E-state index contributed by atoms with van der Waals surface area (Å²) in [5.74, 6) is -0.317. The second kappa shape index (κ2) is 10.3. The third kappa shape index (κ3) is 5.78. The molecule has 1 heterocycles. The van der Waals surface area contributed by atoms with E-state index >= 15 is 0 Å². The van der Waals surface area contributed by atoms with E-state index in [2.05, 4.69) is 16.0 Å². The molecular formula is C25H25N3O4S. The lowest BCUT2D eigenvalue weighted by molar-refractivity contribution is -0.141. The largest absolute Gasteiger partial charge is 0.425 e. The zero-order chi connectivity index (χ0) is 23.1. The highest BCUT2D eigenvalue weighted by molar-refractivity contribution is 7.12. The quantitative estimate of drug-likeness (QED) is 0.349. The maximum absolute atomic E-state index is 13.0. The fourth-order valence-electron chi connectivity index (χ4n) is 3.81. The van der Waals surface area contributed by atoms with Gasteiger partial charge < -0.3 is 20.7 Å². The van der Waals surface area contributed by atoms with E-state index in [4.69, 9.17) is 4.74 Å². The summed E-state index contributed by atoms with van der Waals surface area (Å²) < 4.78 is 5.61. The SMILES string of the molecule is O=C(NCc1ccccc1)NC1(C(=O)Oc2ccc(NC(=O)c3cccs3)cc2)CCCC1. The van der Waals surface area contributed by atoms with Gasteiger partial charge in [-0.15, -0.1) is 11.3 Å². The Hall–Kier alpha value is -3.65. The number of hydrogen-bond donors (Lipinski definition) is 3.